The minimum atomic E-state index is -1.17. The van der Waals surface area contributed by atoms with Crippen molar-refractivity contribution in [3.05, 3.63) is 89.5 Å². The van der Waals surface area contributed by atoms with Gasteiger partial charge in [0, 0.05) is 18.8 Å². The van der Waals surface area contributed by atoms with Gasteiger partial charge in [0.1, 0.15) is 18.4 Å². The number of nitrogens with one attached hydrogen (secondary N) is 1. The molecule has 3 aromatic rings. The minimum Gasteiger partial charge on any atom is -0.480 e. The van der Waals surface area contributed by atoms with Gasteiger partial charge < -0.3 is 19.9 Å². The third-order valence-electron chi connectivity index (χ3n) is 5.82. The van der Waals surface area contributed by atoms with Crippen LogP contribution in [0.2, 0.25) is 0 Å². The van der Waals surface area contributed by atoms with E-state index in [2.05, 4.69) is 5.32 Å². The molecule has 0 radical (unpaired) electrons. The molecule has 1 amide bonds. The second-order valence-electron chi connectivity index (χ2n) is 8.04. The Balaban J connectivity index is 1.38. The van der Waals surface area contributed by atoms with Gasteiger partial charge in [-0.1, -0.05) is 67.6 Å². The SMILES string of the molecule is CCC(=O)Oc1ccc(CC(NC(=O)OCC2c3ccccc3-c3ccccc32)C(=O)O)cc1. The van der Waals surface area contributed by atoms with Crippen LogP contribution in [0.25, 0.3) is 11.1 Å². The molecule has 1 aliphatic carbocycles. The van der Waals surface area contributed by atoms with Gasteiger partial charge in [0.25, 0.3) is 0 Å². The van der Waals surface area contributed by atoms with Crippen LogP contribution < -0.4 is 10.1 Å². The molecule has 0 aliphatic heterocycles. The van der Waals surface area contributed by atoms with Crippen molar-refractivity contribution in [2.75, 3.05) is 6.61 Å². The van der Waals surface area contributed by atoms with E-state index < -0.39 is 18.1 Å². The first kappa shape index (κ1) is 23.0. The average Bonchev–Trinajstić information content (AvgIpc) is 3.17. The van der Waals surface area contributed by atoms with Crippen LogP contribution in [-0.2, 0) is 20.7 Å². The number of rotatable bonds is 8. The van der Waals surface area contributed by atoms with E-state index in [1.807, 2.05) is 48.5 Å². The van der Waals surface area contributed by atoms with E-state index in [9.17, 15) is 19.5 Å². The number of amides is 1. The lowest BCUT2D eigenvalue weighted by molar-refractivity contribution is -0.139. The first-order valence-electron chi connectivity index (χ1n) is 11.1. The second kappa shape index (κ2) is 10.2. The van der Waals surface area contributed by atoms with E-state index in [1.165, 1.54) is 0 Å². The maximum atomic E-state index is 12.5. The largest absolute Gasteiger partial charge is 0.480 e. The summed E-state index contributed by atoms with van der Waals surface area (Å²) in [6.45, 7) is 1.80. The van der Waals surface area contributed by atoms with Crippen molar-refractivity contribution in [2.45, 2.75) is 31.7 Å². The summed E-state index contributed by atoms with van der Waals surface area (Å²) in [5.41, 5.74) is 5.06. The van der Waals surface area contributed by atoms with Crippen LogP contribution in [0.4, 0.5) is 4.79 Å². The predicted molar refractivity (Wildman–Crippen MR) is 126 cm³/mol. The topological polar surface area (TPSA) is 102 Å². The summed E-state index contributed by atoms with van der Waals surface area (Å²) in [7, 11) is 0. The maximum absolute atomic E-state index is 12.5. The molecule has 1 unspecified atom stereocenters. The Morgan fingerprint density at radius 3 is 2.06 bits per heavy atom. The highest BCUT2D eigenvalue weighted by Gasteiger charge is 2.29. The molecule has 174 valence electrons. The number of carbonyl (C=O) groups is 3. The average molecular weight is 459 g/mol. The first-order valence-corrected chi connectivity index (χ1v) is 11.1. The van der Waals surface area contributed by atoms with Crippen LogP contribution in [0.15, 0.2) is 72.8 Å². The zero-order valence-electron chi connectivity index (χ0n) is 18.7. The zero-order valence-corrected chi connectivity index (χ0v) is 18.7. The molecule has 2 N–H and O–H groups in total. The van der Waals surface area contributed by atoms with E-state index >= 15 is 0 Å². The molecule has 0 saturated heterocycles. The molecule has 3 aromatic carbocycles. The number of carbonyl (C=O) groups excluding carboxylic acids is 2. The first-order chi connectivity index (χ1) is 16.5. The molecule has 7 nitrogen and oxygen atoms in total. The summed E-state index contributed by atoms with van der Waals surface area (Å²) >= 11 is 0. The standard InChI is InChI=1S/C27H25NO6/c1-2-25(29)34-18-13-11-17(12-14-18)15-24(26(30)31)28-27(32)33-16-23-21-9-5-3-7-19(21)20-8-4-6-10-22(20)23/h3-14,23-24H,2,15-16H2,1H3,(H,28,32)(H,30,31). The summed E-state index contributed by atoms with van der Waals surface area (Å²) in [5, 5.41) is 12.0. The minimum absolute atomic E-state index is 0.0571. The Kier molecular flexibility index (Phi) is 6.92. The van der Waals surface area contributed by atoms with Gasteiger partial charge in [-0.15, -0.1) is 0 Å². The number of hydrogen-bond donors (Lipinski definition) is 2. The van der Waals surface area contributed by atoms with Crippen molar-refractivity contribution in [3.8, 4) is 16.9 Å². The maximum Gasteiger partial charge on any atom is 0.407 e. The zero-order chi connectivity index (χ0) is 24.1. The van der Waals surface area contributed by atoms with Gasteiger partial charge >= 0.3 is 18.0 Å². The molecule has 7 heteroatoms. The summed E-state index contributed by atoms with van der Waals surface area (Å²) < 4.78 is 10.6. The summed E-state index contributed by atoms with van der Waals surface area (Å²) in [4.78, 5) is 35.6. The Bertz CT molecular complexity index is 1160. The molecule has 1 aliphatic rings. The lowest BCUT2D eigenvalue weighted by Crippen LogP contribution is -2.42. The van der Waals surface area contributed by atoms with Crippen LogP contribution in [-0.4, -0.2) is 35.8 Å². The molecular weight excluding hydrogens is 434 g/mol. The lowest BCUT2D eigenvalue weighted by Gasteiger charge is -2.17. The fourth-order valence-electron chi connectivity index (χ4n) is 4.12. The highest BCUT2D eigenvalue weighted by atomic mass is 16.5. The lowest BCUT2D eigenvalue weighted by atomic mass is 9.98. The van der Waals surface area contributed by atoms with Crippen molar-refractivity contribution >= 4 is 18.0 Å². The van der Waals surface area contributed by atoms with E-state index in [-0.39, 0.29) is 31.3 Å². The number of alkyl carbamates (subject to hydrolysis) is 1. The molecule has 0 fully saturated rings. The molecule has 1 atom stereocenters. The molecular formula is C27H25NO6. The number of aliphatic carboxylic acids is 1. The Morgan fingerprint density at radius 1 is 0.912 bits per heavy atom. The Hall–Kier alpha value is -4.13. The molecule has 4 rings (SSSR count). The van der Waals surface area contributed by atoms with E-state index in [0.29, 0.717) is 11.3 Å². The fourth-order valence-corrected chi connectivity index (χ4v) is 4.12. The molecule has 34 heavy (non-hydrogen) atoms. The Morgan fingerprint density at radius 2 is 1.50 bits per heavy atom. The van der Waals surface area contributed by atoms with Crippen molar-refractivity contribution < 1.29 is 29.0 Å². The molecule has 0 aromatic heterocycles. The third kappa shape index (κ3) is 5.09. The van der Waals surface area contributed by atoms with Gasteiger partial charge in [-0.05, 0) is 39.9 Å². The van der Waals surface area contributed by atoms with Gasteiger partial charge in [0.15, 0.2) is 0 Å². The van der Waals surface area contributed by atoms with Crippen LogP contribution in [0.3, 0.4) is 0 Å². The number of carboxylic acid groups (broad SMARTS) is 1. The molecule has 0 heterocycles. The van der Waals surface area contributed by atoms with Gasteiger partial charge in [-0.3, -0.25) is 4.79 Å². The van der Waals surface area contributed by atoms with Crippen molar-refractivity contribution in [2.24, 2.45) is 0 Å². The quantitative estimate of drug-likeness (QED) is 0.379. The third-order valence-corrected chi connectivity index (χ3v) is 5.82. The van der Waals surface area contributed by atoms with Crippen molar-refractivity contribution in [3.63, 3.8) is 0 Å². The number of ether oxygens (including phenoxy) is 2. The predicted octanol–water partition coefficient (Wildman–Crippen LogP) is 4.54. The number of benzene rings is 3. The van der Waals surface area contributed by atoms with Crippen molar-refractivity contribution in [1.82, 2.24) is 5.32 Å². The summed E-state index contributed by atoms with van der Waals surface area (Å²) in [6.07, 6.45) is -0.475. The smallest absolute Gasteiger partial charge is 0.407 e. The second-order valence-corrected chi connectivity index (χ2v) is 8.04. The van der Waals surface area contributed by atoms with E-state index in [4.69, 9.17) is 9.47 Å². The molecule has 0 bridgehead atoms. The van der Waals surface area contributed by atoms with Gasteiger partial charge in [-0.25, -0.2) is 9.59 Å². The highest BCUT2D eigenvalue weighted by molar-refractivity contribution is 5.81. The highest BCUT2D eigenvalue weighted by Crippen LogP contribution is 2.44. The van der Waals surface area contributed by atoms with E-state index in [1.54, 1.807) is 31.2 Å². The van der Waals surface area contributed by atoms with Gasteiger partial charge in [0.2, 0.25) is 0 Å². The van der Waals surface area contributed by atoms with Crippen LogP contribution in [0.1, 0.15) is 36.0 Å². The number of hydrogen-bond acceptors (Lipinski definition) is 5. The number of esters is 1. The number of fused-ring (bicyclic) bond motifs is 3. The van der Waals surface area contributed by atoms with Crippen LogP contribution >= 0.6 is 0 Å². The van der Waals surface area contributed by atoms with Crippen LogP contribution in [0, 0.1) is 0 Å². The molecule has 0 saturated carbocycles. The van der Waals surface area contributed by atoms with Crippen LogP contribution in [0.5, 0.6) is 5.75 Å². The number of carboxylic acids is 1. The van der Waals surface area contributed by atoms with Crippen molar-refractivity contribution in [1.29, 1.82) is 0 Å². The summed E-state index contributed by atoms with van der Waals surface area (Å²) in [5.74, 6) is -1.25. The normalized spacial score (nSPS) is 12.9. The Labute approximate surface area is 197 Å². The molecule has 0 spiro atoms. The fraction of sp³-hybridized carbons (Fsp3) is 0.222. The van der Waals surface area contributed by atoms with Gasteiger partial charge in [0.05, 0.1) is 0 Å². The van der Waals surface area contributed by atoms with Gasteiger partial charge in [-0.2, -0.15) is 0 Å². The summed E-state index contributed by atoms with van der Waals surface area (Å²) in [6, 6.07) is 21.3. The van der Waals surface area contributed by atoms with E-state index in [0.717, 1.165) is 22.3 Å². The monoisotopic (exact) mass is 459 g/mol.